The van der Waals surface area contributed by atoms with Crippen LogP contribution in [0.25, 0.3) is 0 Å². The molecule has 0 aliphatic carbocycles. The van der Waals surface area contributed by atoms with Gasteiger partial charge in [0.15, 0.2) is 0 Å². The summed E-state index contributed by atoms with van der Waals surface area (Å²) in [5, 5.41) is 3.94. The van der Waals surface area contributed by atoms with Gasteiger partial charge >= 0.3 is 0 Å². The van der Waals surface area contributed by atoms with Gasteiger partial charge in [-0.05, 0) is 66.9 Å². The number of anilines is 1. The number of rotatable bonds is 13. The number of nitrogens with one attached hydrogen (secondary N) is 1. The number of halogens is 3. The lowest BCUT2D eigenvalue weighted by Crippen LogP contribution is -2.54. The molecule has 236 valence electrons. The number of sulfonamides is 1. The maximum Gasteiger partial charge on any atom is 0.264 e. The van der Waals surface area contributed by atoms with E-state index in [0.717, 1.165) is 9.87 Å². The van der Waals surface area contributed by atoms with Crippen molar-refractivity contribution in [2.45, 2.75) is 50.2 Å². The van der Waals surface area contributed by atoms with E-state index in [1.54, 1.807) is 54.6 Å². The molecule has 4 aromatic rings. The minimum absolute atomic E-state index is 0.00385. The number of hydrogen-bond acceptors (Lipinski definition) is 4. The van der Waals surface area contributed by atoms with Crippen LogP contribution in [0.4, 0.5) is 5.69 Å². The summed E-state index contributed by atoms with van der Waals surface area (Å²) in [7, 11) is -4.22. The second-order valence-corrected chi connectivity index (χ2v) is 13.7. The number of carbonyl (C=O) groups excluding carboxylic acids is 2. The quantitative estimate of drug-likeness (QED) is 0.159. The molecule has 4 aromatic carbocycles. The molecule has 0 aliphatic heterocycles. The molecule has 11 heteroatoms. The highest BCUT2D eigenvalue weighted by Crippen LogP contribution is 2.28. The Morgan fingerprint density at radius 2 is 1.47 bits per heavy atom. The van der Waals surface area contributed by atoms with Crippen molar-refractivity contribution in [1.29, 1.82) is 0 Å². The summed E-state index contributed by atoms with van der Waals surface area (Å²) in [6.45, 7) is 3.21. The van der Waals surface area contributed by atoms with Gasteiger partial charge in [0.2, 0.25) is 11.8 Å². The van der Waals surface area contributed by atoms with Crippen LogP contribution in [0.2, 0.25) is 15.1 Å². The molecule has 7 nitrogen and oxygen atoms in total. The summed E-state index contributed by atoms with van der Waals surface area (Å²) in [6.07, 6.45) is 0.876. The van der Waals surface area contributed by atoms with Crippen LogP contribution in [0, 0.1) is 0 Å². The van der Waals surface area contributed by atoms with Gasteiger partial charge in [0.25, 0.3) is 10.0 Å². The van der Waals surface area contributed by atoms with Crippen LogP contribution in [0.5, 0.6) is 0 Å². The van der Waals surface area contributed by atoms with E-state index in [9.17, 15) is 18.0 Å². The molecule has 45 heavy (non-hydrogen) atoms. The minimum Gasteiger partial charge on any atom is -0.352 e. The molecule has 0 aliphatic rings. The van der Waals surface area contributed by atoms with E-state index in [2.05, 4.69) is 5.32 Å². The summed E-state index contributed by atoms with van der Waals surface area (Å²) >= 11 is 18.8. The third-order valence-electron chi connectivity index (χ3n) is 7.32. The van der Waals surface area contributed by atoms with Crippen molar-refractivity contribution < 1.29 is 18.0 Å². The second kappa shape index (κ2) is 15.6. The molecule has 0 heterocycles. The van der Waals surface area contributed by atoms with Gasteiger partial charge in [-0.25, -0.2) is 8.42 Å². The average molecular weight is 687 g/mol. The predicted molar refractivity (Wildman–Crippen MR) is 181 cm³/mol. The summed E-state index contributed by atoms with van der Waals surface area (Å²) < 4.78 is 29.1. The Morgan fingerprint density at radius 3 is 2.09 bits per heavy atom. The molecule has 0 spiro atoms. The van der Waals surface area contributed by atoms with E-state index < -0.39 is 28.5 Å². The van der Waals surface area contributed by atoms with Crippen molar-refractivity contribution in [3.05, 3.63) is 129 Å². The Balaban J connectivity index is 1.82. The van der Waals surface area contributed by atoms with E-state index in [1.807, 2.05) is 44.2 Å². The molecule has 0 saturated heterocycles. The smallest absolute Gasteiger partial charge is 0.264 e. The normalized spacial score (nSPS) is 12.6. The molecule has 2 amide bonds. The van der Waals surface area contributed by atoms with Crippen molar-refractivity contribution in [2.24, 2.45) is 0 Å². The van der Waals surface area contributed by atoms with E-state index in [4.69, 9.17) is 34.8 Å². The highest BCUT2D eigenvalue weighted by Gasteiger charge is 2.35. The van der Waals surface area contributed by atoms with Gasteiger partial charge in [-0.2, -0.15) is 0 Å². The molecular formula is C34H34Cl3N3O4S. The Labute approximate surface area is 279 Å². The first-order valence-electron chi connectivity index (χ1n) is 14.4. The monoisotopic (exact) mass is 685 g/mol. The van der Waals surface area contributed by atoms with Crippen LogP contribution in [0.15, 0.2) is 108 Å². The molecule has 0 bridgehead atoms. The first-order valence-corrected chi connectivity index (χ1v) is 17.0. The fourth-order valence-corrected chi connectivity index (χ4v) is 6.64. The van der Waals surface area contributed by atoms with E-state index in [1.165, 1.54) is 23.1 Å². The summed E-state index contributed by atoms with van der Waals surface area (Å²) in [6, 6.07) is 27.3. The lowest BCUT2D eigenvalue weighted by molar-refractivity contribution is -0.140. The molecule has 0 unspecified atom stereocenters. The van der Waals surface area contributed by atoms with Crippen LogP contribution in [0.1, 0.15) is 31.4 Å². The Morgan fingerprint density at radius 1 is 0.800 bits per heavy atom. The van der Waals surface area contributed by atoms with Gasteiger partial charge in [-0.1, -0.05) is 102 Å². The SMILES string of the molecule is CC[C@H](C)NC(=O)[C@@H](Cc1ccccc1)N(Cc1ccc(Cl)c(Cl)c1)C(=O)CN(c1cccc(Cl)c1)S(=O)(=O)c1ccccc1. The molecule has 0 radical (unpaired) electrons. The van der Waals surface area contributed by atoms with Crippen LogP contribution in [-0.4, -0.2) is 43.8 Å². The number of carbonyl (C=O) groups is 2. The van der Waals surface area contributed by atoms with Gasteiger partial charge in [-0.3, -0.25) is 13.9 Å². The summed E-state index contributed by atoms with van der Waals surface area (Å²) in [5.74, 6) is -0.956. The average Bonchev–Trinajstić information content (AvgIpc) is 3.03. The van der Waals surface area contributed by atoms with Gasteiger partial charge in [0, 0.05) is 24.0 Å². The van der Waals surface area contributed by atoms with Crippen LogP contribution < -0.4 is 9.62 Å². The topological polar surface area (TPSA) is 86.8 Å². The van der Waals surface area contributed by atoms with Gasteiger partial charge in [-0.15, -0.1) is 0 Å². The maximum atomic E-state index is 14.5. The van der Waals surface area contributed by atoms with Crippen molar-refractivity contribution >= 4 is 62.3 Å². The summed E-state index contributed by atoms with van der Waals surface area (Å²) in [5.41, 5.74) is 1.66. The van der Waals surface area contributed by atoms with Crippen molar-refractivity contribution in [1.82, 2.24) is 10.2 Å². The molecule has 0 saturated carbocycles. The first kappa shape index (κ1) is 34.3. The van der Waals surface area contributed by atoms with E-state index >= 15 is 0 Å². The highest BCUT2D eigenvalue weighted by atomic mass is 35.5. The molecule has 2 atom stereocenters. The second-order valence-electron chi connectivity index (χ2n) is 10.6. The Hall–Kier alpha value is -3.56. The lowest BCUT2D eigenvalue weighted by Gasteiger charge is -2.34. The van der Waals surface area contributed by atoms with Crippen LogP contribution >= 0.6 is 34.8 Å². The van der Waals surface area contributed by atoms with Crippen molar-refractivity contribution in [2.75, 3.05) is 10.8 Å². The van der Waals surface area contributed by atoms with Crippen LogP contribution in [0.3, 0.4) is 0 Å². The zero-order valence-corrected chi connectivity index (χ0v) is 28.0. The fraction of sp³-hybridized carbons (Fsp3) is 0.235. The molecule has 0 aromatic heterocycles. The Bertz CT molecular complexity index is 1720. The Kier molecular flexibility index (Phi) is 11.9. The standard InChI is InChI=1S/C34H34Cl3N3O4S/c1-3-24(2)38-34(42)32(20-25-11-6-4-7-12-25)39(22-26-17-18-30(36)31(37)19-26)33(41)23-40(28-14-10-13-27(35)21-28)45(43,44)29-15-8-5-9-16-29/h4-19,21,24,32H,3,20,22-23H2,1-2H3,(H,38,42)/t24-,32+/m0/s1. The van der Waals surface area contributed by atoms with E-state index in [-0.39, 0.29) is 40.5 Å². The largest absolute Gasteiger partial charge is 0.352 e. The van der Waals surface area contributed by atoms with Gasteiger partial charge < -0.3 is 10.2 Å². The molecule has 4 rings (SSSR count). The van der Waals surface area contributed by atoms with Crippen LogP contribution in [-0.2, 0) is 32.6 Å². The van der Waals surface area contributed by atoms with E-state index in [0.29, 0.717) is 22.0 Å². The zero-order chi connectivity index (χ0) is 32.6. The zero-order valence-electron chi connectivity index (χ0n) is 24.9. The van der Waals surface area contributed by atoms with Crippen molar-refractivity contribution in [3.63, 3.8) is 0 Å². The minimum atomic E-state index is -4.22. The number of benzene rings is 4. The maximum absolute atomic E-state index is 14.5. The third kappa shape index (κ3) is 9.01. The number of amides is 2. The summed E-state index contributed by atoms with van der Waals surface area (Å²) in [4.78, 5) is 29.8. The molecule has 1 N–H and O–H groups in total. The van der Waals surface area contributed by atoms with Gasteiger partial charge in [0.1, 0.15) is 12.6 Å². The molecular weight excluding hydrogens is 653 g/mol. The first-order chi connectivity index (χ1) is 21.5. The lowest BCUT2D eigenvalue weighted by atomic mass is 10.0. The highest BCUT2D eigenvalue weighted by molar-refractivity contribution is 7.92. The van der Waals surface area contributed by atoms with Gasteiger partial charge in [0.05, 0.1) is 20.6 Å². The fourth-order valence-electron chi connectivity index (χ4n) is 4.71. The molecule has 0 fully saturated rings. The third-order valence-corrected chi connectivity index (χ3v) is 10.1. The van der Waals surface area contributed by atoms with Crippen molar-refractivity contribution in [3.8, 4) is 0 Å². The predicted octanol–water partition coefficient (Wildman–Crippen LogP) is 7.40. The number of hydrogen-bond donors (Lipinski definition) is 1. The number of nitrogens with zero attached hydrogens (tertiary/aromatic N) is 2.